The molecule has 0 saturated heterocycles. The van der Waals surface area contributed by atoms with Crippen molar-refractivity contribution in [2.75, 3.05) is 12.4 Å². The topological polar surface area (TPSA) is 88.5 Å². The van der Waals surface area contributed by atoms with E-state index in [2.05, 4.69) is 32.4 Å². The standard InChI is InChI=1S/C12H16N6OS/c1-3-8-9(13-2)14-6-15-10(8)20-12-17-16-11(19)18(12)7-4-5-7/h6-7H,3-5H2,1-2H3,(H,16,19)(H,13,14,15). The second kappa shape index (κ2) is 5.28. The predicted octanol–water partition coefficient (Wildman–Crippen LogP) is 1.45. The lowest BCUT2D eigenvalue weighted by atomic mass is 10.2. The van der Waals surface area contributed by atoms with Gasteiger partial charge in [0.25, 0.3) is 0 Å². The summed E-state index contributed by atoms with van der Waals surface area (Å²) in [6.45, 7) is 2.06. The van der Waals surface area contributed by atoms with E-state index in [1.807, 2.05) is 7.05 Å². The minimum atomic E-state index is -0.143. The van der Waals surface area contributed by atoms with Crippen molar-refractivity contribution in [1.29, 1.82) is 0 Å². The number of nitrogens with zero attached hydrogens (tertiary/aromatic N) is 4. The van der Waals surface area contributed by atoms with E-state index < -0.39 is 0 Å². The second-order valence-electron chi connectivity index (χ2n) is 4.62. The summed E-state index contributed by atoms with van der Waals surface area (Å²) in [7, 11) is 1.84. The highest BCUT2D eigenvalue weighted by molar-refractivity contribution is 7.99. The van der Waals surface area contributed by atoms with Gasteiger partial charge in [0, 0.05) is 18.7 Å². The largest absolute Gasteiger partial charge is 0.373 e. The molecular formula is C12H16N6OS. The Morgan fingerprint density at radius 3 is 2.95 bits per heavy atom. The maximum atomic E-state index is 11.8. The number of aromatic nitrogens is 5. The Kier molecular flexibility index (Phi) is 3.47. The number of hydrogen-bond acceptors (Lipinski definition) is 6. The summed E-state index contributed by atoms with van der Waals surface area (Å²) in [6.07, 6.45) is 4.43. The number of aromatic amines is 1. The Balaban J connectivity index is 1.97. The summed E-state index contributed by atoms with van der Waals surface area (Å²) in [5.74, 6) is 0.820. The molecule has 1 aliphatic carbocycles. The molecule has 3 rings (SSSR count). The molecule has 0 spiro atoms. The van der Waals surface area contributed by atoms with Gasteiger partial charge in [0.15, 0.2) is 5.16 Å². The summed E-state index contributed by atoms with van der Waals surface area (Å²) in [5, 5.41) is 11.2. The fourth-order valence-corrected chi connectivity index (χ4v) is 3.18. The van der Waals surface area contributed by atoms with Crippen molar-refractivity contribution in [2.24, 2.45) is 0 Å². The molecule has 1 saturated carbocycles. The molecule has 0 radical (unpaired) electrons. The van der Waals surface area contributed by atoms with Crippen molar-refractivity contribution >= 4 is 17.6 Å². The number of H-pyrrole nitrogens is 1. The van der Waals surface area contributed by atoms with Crippen LogP contribution in [0.1, 0.15) is 31.4 Å². The summed E-state index contributed by atoms with van der Waals surface area (Å²) in [6, 6.07) is 0.291. The molecule has 0 atom stereocenters. The Morgan fingerprint density at radius 1 is 1.50 bits per heavy atom. The first-order valence-electron chi connectivity index (χ1n) is 6.61. The van der Waals surface area contributed by atoms with Crippen LogP contribution in [0.4, 0.5) is 5.82 Å². The lowest BCUT2D eigenvalue weighted by molar-refractivity contribution is 0.642. The van der Waals surface area contributed by atoms with Crippen LogP contribution in [-0.4, -0.2) is 31.8 Å². The van der Waals surface area contributed by atoms with Gasteiger partial charge in [-0.1, -0.05) is 6.92 Å². The van der Waals surface area contributed by atoms with E-state index in [0.29, 0.717) is 11.2 Å². The van der Waals surface area contributed by atoms with Crippen LogP contribution in [0, 0.1) is 0 Å². The molecule has 106 valence electrons. The molecule has 2 heterocycles. The molecule has 8 heteroatoms. The van der Waals surface area contributed by atoms with Crippen molar-refractivity contribution in [1.82, 2.24) is 24.7 Å². The molecule has 2 N–H and O–H groups in total. The van der Waals surface area contributed by atoms with Crippen molar-refractivity contribution in [3.63, 3.8) is 0 Å². The minimum Gasteiger partial charge on any atom is -0.373 e. The number of hydrogen-bond donors (Lipinski definition) is 2. The van der Waals surface area contributed by atoms with E-state index in [1.165, 1.54) is 18.1 Å². The zero-order valence-corrected chi connectivity index (χ0v) is 12.2. The summed E-state index contributed by atoms with van der Waals surface area (Å²) < 4.78 is 1.73. The van der Waals surface area contributed by atoms with Crippen LogP contribution in [0.15, 0.2) is 21.3 Å². The third-order valence-corrected chi connectivity index (χ3v) is 4.28. The van der Waals surface area contributed by atoms with E-state index in [0.717, 1.165) is 35.7 Å². The van der Waals surface area contributed by atoms with Crippen LogP contribution in [0.2, 0.25) is 0 Å². The fraction of sp³-hybridized carbons (Fsp3) is 0.500. The molecular weight excluding hydrogens is 276 g/mol. The van der Waals surface area contributed by atoms with Crippen LogP contribution in [0.5, 0.6) is 0 Å². The van der Waals surface area contributed by atoms with Crippen LogP contribution < -0.4 is 11.0 Å². The molecule has 0 unspecified atom stereocenters. The van der Waals surface area contributed by atoms with E-state index in [4.69, 9.17) is 0 Å². The van der Waals surface area contributed by atoms with E-state index in [1.54, 1.807) is 4.57 Å². The number of nitrogens with one attached hydrogen (secondary N) is 2. The third kappa shape index (κ3) is 2.31. The Labute approximate surface area is 120 Å². The zero-order valence-electron chi connectivity index (χ0n) is 11.4. The van der Waals surface area contributed by atoms with Gasteiger partial charge in [0.1, 0.15) is 17.2 Å². The highest BCUT2D eigenvalue weighted by atomic mass is 32.2. The maximum absolute atomic E-state index is 11.8. The van der Waals surface area contributed by atoms with E-state index in [-0.39, 0.29) is 5.69 Å². The Hall–Kier alpha value is -1.83. The quantitative estimate of drug-likeness (QED) is 0.811. The molecule has 1 fully saturated rings. The first kappa shape index (κ1) is 13.2. The monoisotopic (exact) mass is 292 g/mol. The molecule has 1 aliphatic rings. The second-order valence-corrected chi connectivity index (χ2v) is 5.58. The lowest BCUT2D eigenvalue weighted by Gasteiger charge is -2.10. The average Bonchev–Trinajstić information content (AvgIpc) is 3.23. The van der Waals surface area contributed by atoms with Gasteiger partial charge in [-0.05, 0) is 31.0 Å². The smallest absolute Gasteiger partial charge is 0.344 e. The van der Waals surface area contributed by atoms with Crippen molar-refractivity contribution in [3.05, 3.63) is 22.4 Å². The molecule has 0 aliphatic heterocycles. The molecule has 0 amide bonds. The molecule has 0 bridgehead atoms. The van der Waals surface area contributed by atoms with Gasteiger partial charge in [0.2, 0.25) is 0 Å². The van der Waals surface area contributed by atoms with Crippen molar-refractivity contribution in [3.8, 4) is 0 Å². The lowest BCUT2D eigenvalue weighted by Crippen LogP contribution is -2.16. The van der Waals surface area contributed by atoms with Gasteiger partial charge in [0.05, 0.1) is 0 Å². The van der Waals surface area contributed by atoms with Crippen LogP contribution in [-0.2, 0) is 6.42 Å². The van der Waals surface area contributed by atoms with Gasteiger partial charge < -0.3 is 5.32 Å². The maximum Gasteiger partial charge on any atom is 0.344 e. The van der Waals surface area contributed by atoms with Gasteiger partial charge in [-0.2, -0.15) is 0 Å². The van der Waals surface area contributed by atoms with E-state index in [9.17, 15) is 4.79 Å². The summed E-state index contributed by atoms with van der Waals surface area (Å²) in [5.41, 5.74) is 0.897. The third-order valence-electron chi connectivity index (χ3n) is 3.27. The molecule has 20 heavy (non-hydrogen) atoms. The fourth-order valence-electron chi connectivity index (χ4n) is 2.12. The molecule has 7 nitrogen and oxygen atoms in total. The van der Waals surface area contributed by atoms with Gasteiger partial charge >= 0.3 is 5.69 Å². The van der Waals surface area contributed by atoms with Crippen LogP contribution >= 0.6 is 11.8 Å². The summed E-state index contributed by atoms with van der Waals surface area (Å²) >= 11 is 1.41. The molecule has 0 aromatic carbocycles. The molecule has 2 aromatic rings. The van der Waals surface area contributed by atoms with Crippen molar-refractivity contribution < 1.29 is 0 Å². The zero-order chi connectivity index (χ0) is 14.1. The van der Waals surface area contributed by atoms with Crippen LogP contribution in [0.25, 0.3) is 0 Å². The first-order valence-corrected chi connectivity index (χ1v) is 7.42. The van der Waals surface area contributed by atoms with Gasteiger partial charge in [-0.3, -0.25) is 4.57 Å². The highest BCUT2D eigenvalue weighted by Crippen LogP contribution is 2.38. The van der Waals surface area contributed by atoms with E-state index >= 15 is 0 Å². The Bertz CT molecular complexity index is 675. The van der Waals surface area contributed by atoms with Crippen molar-refractivity contribution in [2.45, 2.75) is 42.4 Å². The van der Waals surface area contributed by atoms with Crippen LogP contribution in [0.3, 0.4) is 0 Å². The Morgan fingerprint density at radius 2 is 2.30 bits per heavy atom. The first-order chi connectivity index (χ1) is 9.74. The number of rotatable bonds is 5. The summed E-state index contributed by atoms with van der Waals surface area (Å²) in [4.78, 5) is 20.3. The normalized spacial score (nSPS) is 14.5. The van der Waals surface area contributed by atoms with Gasteiger partial charge in [-0.25, -0.2) is 19.9 Å². The number of anilines is 1. The average molecular weight is 292 g/mol. The SMILES string of the molecule is CCc1c(NC)ncnc1Sc1n[nH]c(=O)n1C1CC1. The minimum absolute atomic E-state index is 0.143. The highest BCUT2D eigenvalue weighted by Gasteiger charge is 2.29. The predicted molar refractivity (Wildman–Crippen MR) is 76.2 cm³/mol. The van der Waals surface area contributed by atoms with Gasteiger partial charge in [-0.15, -0.1) is 5.10 Å². The molecule has 2 aromatic heterocycles.